The van der Waals surface area contributed by atoms with E-state index >= 15 is 0 Å². The molecule has 4 nitrogen and oxygen atoms in total. The molecule has 0 aliphatic rings. The second-order valence-electron chi connectivity index (χ2n) is 5.63. The highest BCUT2D eigenvalue weighted by Gasteiger charge is 1.97. The predicted octanol–water partition coefficient (Wildman–Crippen LogP) is 2.49. The minimum atomic E-state index is -1.07. The van der Waals surface area contributed by atoms with Gasteiger partial charge in [-0.15, -0.1) is 0 Å². The second kappa shape index (κ2) is 16.2. The fourth-order valence-electron chi connectivity index (χ4n) is 2.18. The van der Waals surface area contributed by atoms with E-state index in [2.05, 4.69) is 6.08 Å². The molecule has 0 aliphatic carbocycles. The molecule has 0 spiro atoms. The number of carboxylic acids is 1. The van der Waals surface area contributed by atoms with E-state index in [9.17, 15) is 15.0 Å². The van der Waals surface area contributed by atoms with Gasteiger partial charge in [-0.1, -0.05) is 56.4 Å². The van der Waals surface area contributed by atoms with E-state index in [4.69, 9.17) is 5.11 Å². The molecule has 1 atom stereocenters. The summed E-state index contributed by atoms with van der Waals surface area (Å²) in [6.45, 7) is 0.309. The molecule has 0 bridgehead atoms. The van der Waals surface area contributed by atoms with Gasteiger partial charge in [-0.3, -0.25) is 0 Å². The lowest BCUT2D eigenvalue weighted by Gasteiger charge is -2.05. The number of carbonyl (C=O) groups excluding carboxylic acids is 1. The third kappa shape index (κ3) is 16.9. The van der Waals surface area contributed by atoms with E-state index in [-0.39, 0.29) is 6.42 Å². The van der Waals surface area contributed by atoms with Crippen molar-refractivity contribution in [2.75, 3.05) is 6.61 Å². The van der Waals surface area contributed by atoms with Gasteiger partial charge in [0.05, 0.1) is 6.10 Å². The van der Waals surface area contributed by atoms with Crippen molar-refractivity contribution in [2.24, 2.45) is 0 Å². The highest BCUT2D eigenvalue weighted by Crippen LogP contribution is 2.08. The van der Waals surface area contributed by atoms with E-state index in [0.717, 1.165) is 19.3 Å². The molecule has 0 aromatic heterocycles. The van der Waals surface area contributed by atoms with Crippen LogP contribution < -0.4 is 5.11 Å². The number of carbonyl (C=O) groups is 1. The summed E-state index contributed by atoms with van der Waals surface area (Å²) in [5, 5.41) is 28.4. The van der Waals surface area contributed by atoms with Gasteiger partial charge in [0.25, 0.3) is 0 Å². The predicted molar refractivity (Wildman–Crippen MR) is 87.2 cm³/mol. The lowest BCUT2D eigenvalue weighted by molar-refractivity contribution is -0.305. The van der Waals surface area contributed by atoms with Crippen molar-refractivity contribution in [2.45, 2.75) is 76.7 Å². The van der Waals surface area contributed by atoms with Crippen LogP contribution in [-0.2, 0) is 4.79 Å². The summed E-state index contributed by atoms with van der Waals surface area (Å²) < 4.78 is 0. The molecular weight excluding hydrogens is 280 g/mol. The normalized spacial score (nSPS) is 13.2. The van der Waals surface area contributed by atoms with Crippen LogP contribution >= 0.6 is 0 Å². The summed E-state index contributed by atoms with van der Waals surface area (Å²) in [7, 11) is 0. The van der Waals surface area contributed by atoms with E-state index in [1.54, 1.807) is 6.08 Å². The van der Waals surface area contributed by atoms with Gasteiger partial charge in [0.15, 0.2) is 0 Å². The summed E-state index contributed by atoms with van der Waals surface area (Å²) in [5.74, 6) is -1.07. The minimum Gasteiger partial charge on any atom is -0.550 e. The van der Waals surface area contributed by atoms with E-state index in [0.29, 0.717) is 19.4 Å². The number of allylic oxidation sites excluding steroid dienone is 3. The van der Waals surface area contributed by atoms with Crippen molar-refractivity contribution < 1.29 is 20.1 Å². The number of rotatable bonds is 15. The van der Waals surface area contributed by atoms with Crippen molar-refractivity contribution in [3.63, 3.8) is 0 Å². The molecule has 128 valence electrons. The number of aliphatic carboxylic acids is 1. The number of hydrogen-bond donors (Lipinski definition) is 2. The Bertz CT molecular complexity index is 310. The SMILES string of the molecule is O=C([O-])CCC[C@H](O)/C=C/C=C\CCCCCCCCCO. The molecule has 0 saturated carbocycles. The van der Waals surface area contributed by atoms with Crippen molar-refractivity contribution in [3.8, 4) is 0 Å². The van der Waals surface area contributed by atoms with Gasteiger partial charge in [0, 0.05) is 12.6 Å². The average Bonchev–Trinajstić information content (AvgIpc) is 2.48. The largest absolute Gasteiger partial charge is 0.550 e. The molecule has 0 aliphatic heterocycles. The van der Waals surface area contributed by atoms with Crippen LogP contribution in [0.25, 0.3) is 0 Å². The topological polar surface area (TPSA) is 80.6 Å². The summed E-state index contributed by atoms with van der Waals surface area (Å²) in [6, 6.07) is 0. The summed E-state index contributed by atoms with van der Waals surface area (Å²) in [6.07, 6.45) is 17.1. The number of aliphatic hydroxyl groups excluding tert-OH is 2. The molecule has 0 aromatic rings. The van der Waals surface area contributed by atoms with Crippen LogP contribution in [0.5, 0.6) is 0 Å². The molecule has 0 amide bonds. The number of carboxylic acid groups (broad SMARTS) is 1. The van der Waals surface area contributed by atoms with Gasteiger partial charge < -0.3 is 20.1 Å². The van der Waals surface area contributed by atoms with Crippen LogP contribution in [-0.4, -0.2) is 28.9 Å². The first-order valence-corrected chi connectivity index (χ1v) is 8.49. The Balaban J connectivity index is 3.38. The Morgan fingerprint density at radius 2 is 1.59 bits per heavy atom. The van der Waals surface area contributed by atoms with E-state index in [1.165, 1.54) is 32.1 Å². The zero-order valence-electron chi connectivity index (χ0n) is 13.6. The zero-order valence-corrected chi connectivity index (χ0v) is 13.6. The Hall–Kier alpha value is -1.13. The molecule has 2 N–H and O–H groups in total. The first kappa shape index (κ1) is 20.9. The van der Waals surface area contributed by atoms with E-state index in [1.807, 2.05) is 12.2 Å². The summed E-state index contributed by atoms with van der Waals surface area (Å²) >= 11 is 0. The molecule has 0 aromatic carbocycles. The van der Waals surface area contributed by atoms with Crippen molar-refractivity contribution in [3.05, 3.63) is 24.3 Å². The maximum absolute atomic E-state index is 10.2. The van der Waals surface area contributed by atoms with Crippen molar-refractivity contribution >= 4 is 5.97 Å². The maximum Gasteiger partial charge on any atom is 0.0724 e. The molecule has 0 radical (unpaired) electrons. The summed E-state index contributed by atoms with van der Waals surface area (Å²) in [4.78, 5) is 10.2. The zero-order chi connectivity index (χ0) is 16.5. The van der Waals surface area contributed by atoms with E-state index < -0.39 is 12.1 Å². The smallest absolute Gasteiger partial charge is 0.0724 e. The molecule has 0 unspecified atom stereocenters. The second-order valence-corrected chi connectivity index (χ2v) is 5.63. The Morgan fingerprint density at radius 1 is 0.955 bits per heavy atom. The summed E-state index contributed by atoms with van der Waals surface area (Å²) in [5.41, 5.74) is 0. The number of unbranched alkanes of at least 4 members (excludes halogenated alkanes) is 7. The van der Waals surface area contributed by atoms with Gasteiger partial charge in [-0.2, -0.15) is 0 Å². The third-order valence-electron chi connectivity index (χ3n) is 3.49. The Kier molecular flexibility index (Phi) is 15.4. The van der Waals surface area contributed by atoms with Crippen LogP contribution in [0.1, 0.15) is 70.6 Å². The van der Waals surface area contributed by atoms with Gasteiger partial charge in [0.1, 0.15) is 0 Å². The highest BCUT2D eigenvalue weighted by molar-refractivity contribution is 5.64. The van der Waals surface area contributed by atoms with Crippen LogP contribution in [0.3, 0.4) is 0 Å². The first-order valence-electron chi connectivity index (χ1n) is 8.49. The minimum absolute atomic E-state index is 0.000733. The first-order chi connectivity index (χ1) is 10.7. The van der Waals surface area contributed by atoms with Crippen LogP contribution in [0, 0.1) is 0 Å². The molecule has 22 heavy (non-hydrogen) atoms. The molecule has 4 heteroatoms. The van der Waals surface area contributed by atoms with Gasteiger partial charge in [-0.05, 0) is 38.5 Å². The molecular formula is C18H31O4-. The van der Waals surface area contributed by atoms with Crippen LogP contribution in [0.15, 0.2) is 24.3 Å². The van der Waals surface area contributed by atoms with Crippen LogP contribution in [0.4, 0.5) is 0 Å². The maximum atomic E-state index is 10.2. The molecule has 0 fully saturated rings. The number of aliphatic hydroxyl groups is 2. The van der Waals surface area contributed by atoms with Gasteiger partial charge >= 0.3 is 0 Å². The monoisotopic (exact) mass is 311 g/mol. The van der Waals surface area contributed by atoms with Crippen molar-refractivity contribution in [1.29, 1.82) is 0 Å². The van der Waals surface area contributed by atoms with Gasteiger partial charge in [0.2, 0.25) is 0 Å². The quantitative estimate of drug-likeness (QED) is 0.360. The van der Waals surface area contributed by atoms with Gasteiger partial charge in [-0.25, -0.2) is 0 Å². The molecule has 0 rings (SSSR count). The molecule has 0 heterocycles. The molecule has 0 saturated heterocycles. The Morgan fingerprint density at radius 3 is 2.23 bits per heavy atom. The third-order valence-corrected chi connectivity index (χ3v) is 3.49. The Labute approximate surface area is 134 Å². The average molecular weight is 311 g/mol. The lowest BCUT2D eigenvalue weighted by Crippen LogP contribution is -2.22. The van der Waals surface area contributed by atoms with Crippen molar-refractivity contribution in [1.82, 2.24) is 0 Å². The fourth-order valence-corrected chi connectivity index (χ4v) is 2.18. The highest BCUT2D eigenvalue weighted by atomic mass is 16.4. The van der Waals surface area contributed by atoms with Crippen LogP contribution in [0.2, 0.25) is 0 Å². The number of hydrogen-bond acceptors (Lipinski definition) is 4. The fraction of sp³-hybridized carbons (Fsp3) is 0.722. The lowest BCUT2D eigenvalue weighted by atomic mass is 10.1. The standard InChI is InChI=1S/C18H32O4/c19-16-11-9-7-5-3-1-2-4-6-8-10-13-17(20)14-12-15-18(21)22/h6,8,10,13,17,19-20H,1-5,7,9,11-12,14-16H2,(H,21,22)/p-1/b8-6-,13-10+/t17-/m1/s1.